The van der Waals surface area contributed by atoms with Crippen molar-refractivity contribution in [2.24, 2.45) is 7.05 Å². The van der Waals surface area contributed by atoms with Crippen molar-refractivity contribution in [3.05, 3.63) is 75.2 Å². The van der Waals surface area contributed by atoms with Crippen molar-refractivity contribution in [3.8, 4) is 5.69 Å². The van der Waals surface area contributed by atoms with E-state index in [4.69, 9.17) is 11.6 Å². The maximum Gasteiger partial charge on any atom is 0.275 e. The Morgan fingerprint density at radius 2 is 1.64 bits per heavy atom. The number of anilines is 1. The summed E-state index contributed by atoms with van der Waals surface area (Å²) in [5.74, 6) is 0.0967. The number of hydrogen-bond donors (Lipinski definition) is 1. The smallest absolute Gasteiger partial charge is 0.275 e. The molecule has 0 radical (unpaired) electrons. The van der Waals surface area contributed by atoms with Crippen LogP contribution in [-0.2, 0) is 17.1 Å². The summed E-state index contributed by atoms with van der Waals surface area (Å²) in [6.07, 6.45) is 0. The van der Waals surface area contributed by atoms with E-state index in [1.807, 2.05) is 27.8 Å². The monoisotopic (exact) mass is 419 g/mol. The van der Waals surface area contributed by atoms with Crippen LogP contribution in [0.25, 0.3) is 5.69 Å². The maximum atomic E-state index is 12.8. The van der Waals surface area contributed by atoms with Gasteiger partial charge in [-0.15, -0.1) is 0 Å². The van der Waals surface area contributed by atoms with Gasteiger partial charge in [-0.2, -0.15) is 0 Å². The van der Waals surface area contributed by atoms with E-state index in [1.165, 1.54) is 12.1 Å². The van der Waals surface area contributed by atoms with Gasteiger partial charge in [0.2, 0.25) is 0 Å². The van der Waals surface area contributed by atoms with E-state index in [1.54, 1.807) is 45.8 Å². The molecule has 0 atom stereocenters. The summed E-state index contributed by atoms with van der Waals surface area (Å²) in [6.45, 7) is 5.85. The minimum absolute atomic E-state index is 0.0826. The molecule has 0 aliphatic rings. The molecule has 0 unspecified atom stereocenters. The number of aromatic nitrogens is 2. The second-order valence-corrected chi connectivity index (χ2v) is 8.96. The molecule has 148 valence electrons. The van der Waals surface area contributed by atoms with Crippen molar-refractivity contribution in [2.45, 2.75) is 31.6 Å². The van der Waals surface area contributed by atoms with Crippen LogP contribution in [0.15, 0.2) is 58.2 Å². The van der Waals surface area contributed by atoms with Crippen LogP contribution >= 0.6 is 11.6 Å². The van der Waals surface area contributed by atoms with Crippen LogP contribution in [0.4, 0.5) is 5.69 Å². The number of hydrogen-bond acceptors (Lipinski definition) is 3. The molecule has 1 N–H and O–H groups in total. The Hall–Kier alpha value is -2.51. The average Bonchev–Trinajstić information content (AvgIpc) is 2.86. The molecule has 1 aromatic heterocycles. The fourth-order valence-corrected chi connectivity index (χ4v) is 4.52. The lowest BCUT2D eigenvalue weighted by Crippen LogP contribution is -2.21. The Bertz CT molecular complexity index is 1180. The quantitative estimate of drug-likeness (QED) is 0.677. The van der Waals surface area contributed by atoms with Crippen molar-refractivity contribution in [3.63, 3.8) is 0 Å². The second kappa shape index (κ2) is 7.48. The first kappa shape index (κ1) is 20.2. The molecule has 3 rings (SSSR count). The van der Waals surface area contributed by atoms with Gasteiger partial charge in [-0.25, -0.2) is 13.1 Å². The van der Waals surface area contributed by atoms with Gasteiger partial charge in [-0.05, 0) is 49.2 Å². The first-order valence-electron chi connectivity index (χ1n) is 8.79. The molecule has 0 fully saturated rings. The molecule has 0 aliphatic carbocycles. The molecule has 0 aliphatic heterocycles. The van der Waals surface area contributed by atoms with Crippen LogP contribution in [-0.4, -0.2) is 17.8 Å². The molecule has 1 heterocycles. The summed E-state index contributed by atoms with van der Waals surface area (Å²) in [7, 11) is -1.99. The van der Waals surface area contributed by atoms with Crippen LogP contribution < -0.4 is 10.3 Å². The third kappa shape index (κ3) is 3.59. The Balaban J connectivity index is 1.98. The zero-order valence-corrected chi connectivity index (χ0v) is 17.7. The van der Waals surface area contributed by atoms with Crippen LogP contribution in [0.2, 0.25) is 5.02 Å². The van der Waals surface area contributed by atoms with Gasteiger partial charge in [0.15, 0.2) is 0 Å². The first-order valence-corrected chi connectivity index (χ1v) is 10.7. The standard InChI is InChI=1S/C20H22ClN3O3S/c1-13(2)19-14(3)23(4)24(20(19)25)15-9-11-16(12-10-15)28(26,27)22-18-8-6-5-7-17(18)21/h5-13,22H,1-4H3. The molecule has 8 heteroatoms. The number of rotatable bonds is 5. The van der Waals surface area contributed by atoms with Gasteiger partial charge in [0.05, 0.1) is 21.3 Å². The van der Waals surface area contributed by atoms with Crippen molar-refractivity contribution in [2.75, 3.05) is 4.72 Å². The zero-order chi connectivity index (χ0) is 20.6. The Morgan fingerprint density at radius 1 is 1.04 bits per heavy atom. The van der Waals surface area contributed by atoms with Gasteiger partial charge in [0.25, 0.3) is 15.6 Å². The number of para-hydroxylation sites is 1. The van der Waals surface area contributed by atoms with Crippen molar-refractivity contribution in [1.29, 1.82) is 0 Å². The minimum atomic E-state index is -3.80. The van der Waals surface area contributed by atoms with E-state index < -0.39 is 10.0 Å². The van der Waals surface area contributed by atoms with E-state index in [0.717, 1.165) is 11.3 Å². The highest BCUT2D eigenvalue weighted by atomic mass is 35.5. The molecule has 0 amide bonds. The fraction of sp³-hybridized carbons (Fsp3) is 0.250. The van der Waals surface area contributed by atoms with Crippen molar-refractivity contribution < 1.29 is 8.42 Å². The molecular formula is C20H22ClN3O3S. The van der Waals surface area contributed by atoms with Gasteiger partial charge in [0.1, 0.15) is 0 Å². The SMILES string of the molecule is Cc1c(C(C)C)c(=O)n(-c2ccc(S(=O)(=O)Nc3ccccc3Cl)cc2)n1C. The molecule has 0 spiro atoms. The van der Waals surface area contributed by atoms with E-state index in [2.05, 4.69) is 4.72 Å². The van der Waals surface area contributed by atoms with Gasteiger partial charge in [-0.1, -0.05) is 37.6 Å². The number of benzene rings is 2. The summed E-state index contributed by atoms with van der Waals surface area (Å²) in [5.41, 5.74) is 2.44. The highest BCUT2D eigenvalue weighted by Crippen LogP contribution is 2.24. The number of halogens is 1. The summed E-state index contributed by atoms with van der Waals surface area (Å²) < 4.78 is 31.1. The lowest BCUT2D eigenvalue weighted by molar-refractivity contribution is 0.601. The fourth-order valence-electron chi connectivity index (χ4n) is 3.20. The molecule has 28 heavy (non-hydrogen) atoms. The number of nitrogens with one attached hydrogen (secondary N) is 1. The molecule has 2 aromatic carbocycles. The lowest BCUT2D eigenvalue weighted by atomic mass is 10.0. The molecule has 6 nitrogen and oxygen atoms in total. The van der Waals surface area contributed by atoms with Crippen LogP contribution in [0.3, 0.4) is 0 Å². The Kier molecular flexibility index (Phi) is 5.41. The molecule has 0 bridgehead atoms. The normalized spacial score (nSPS) is 11.8. The maximum absolute atomic E-state index is 12.8. The summed E-state index contributed by atoms with van der Waals surface area (Å²) >= 11 is 6.03. The Morgan fingerprint density at radius 3 is 2.18 bits per heavy atom. The van der Waals surface area contributed by atoms with Crippen molar-refractivity contribution >= 4 is 27.3 Å². The number of nitrogens with zero attached hydrogens (tertiary/aromatic N) is 2. The molecule has 0 saturated carbocycles. The highest BCUT2D eigenvalue weighted by molar-refractivity contribution is 7.92. The zero-order valence-electron chi connectivity index (χ0n) is 16.1. The van der Waals surface area contributed by atoms with E-state index in [-0.39, 0.29) is 16.4 Å². The summed E-state index contributed by atoms with van der Waals surface area (Å²) in [5, 5.41) is 0.315. The largest absolute Gasteiger partial charge is 0.285 e. The molecule has 0 saturated heterocycles. The first-order chi connectivity index (χ1) is 13.1. The highest BCUT2D eigenvalue weighted by Gasteiger charge is 2.20. The van der Waals surface area contributed by atoms with Crippen LogP contribution in [0.5, 0.6) is 0 Å². The topological polar surface area (TPSA) is 73.1 Å². The minimum Gasteiger partial charge on any atom is -0.285 e. The lowest BCUT2D eigenvalue weighted by Gasteiger charge is -2.11. The molecular weight excluding hydrogens is 398 g/mol. The van der Waals surface area contributed by atoms with Crippen LogP contribution in [0, 0.1) is 6.92 Å². The third-order valence-electron chi connectivity index (χ3n) is 4.69. The van der Waals surface area contributed by atoms with E-state index in [9.17, 15) is 13.2 Å². The van der Waals surface area contributed by atoms with Gasteiger partial charge in [0, 0.05) is 18.3 Å². The third-order valence-corrected chi connectivity index (χ3v) is 6.40. The van der Waals surface area contributed by atoms with Crippen LogP contribution in [0.1, 0.15) is 31.0 Å². The number of sulfonamides is 1. The predicted molar refractivity (Wildman–Crippen MR) is 112 cm³/mol. The van der Waals surface area contributed by atoms with E-state index >= 15 is 0 Å². The predicted octanol–water partition coefficient (Wildman–Crippen LogP) is 4.06. The summed E-state index contributed by atoms with van der Waals surface area (Å²) in [6, 6.07) is 12.8. The Labute approximate surface area is 169 Å². The summed E-state index contributed by atoms with van der Waals surface area (Å²) in [4.78, 5) is 12.9. The van der Waals surface area contributed by atoms with E-state index in [0.29, 0.717) is 16.4 Å². The van der Waals surface area contributed by atoms with Gasteiger partial charge in [-0.3, -0.25) is 14.2 Å². The second-order valence-electron chi connectivity index (χ2n) is 6.87. The van der Waals surface area contributed by atoms with Gasteiger partial charge < -0.3 is 0 Å². The van der Waals surface area contributed by atoms with Gasteiger partial charge >= 0.3 is 0 Å². The molecule has 3 aromatic rings. The average molecular weight is 420 g/mol. The van der Waals surface area contributed by atoms with Crippen molar-refractivity contribution in [1.82, 2.24) is 9.36 Å².